The second-order valence-corrected chi connectivity index (χ2v) is 15.4. The summed E-state index contributed by atoms with van der Waals surface area (Å²) in [5, 5.41) is 8.25. The summed E-state index contributed by atoms with van der Waals surface area (Å²) in [6.45, 7) is 0. The van der Waals surface area contributed by atoms with Gasteiger partial charge in [0.25, 0.3) is 0 Å². The topological polar surface area (TPSA) is 51.8 Å². The Labute approximate surface area is 344 Å². The first-order valence-electron chi connectivity index (χ1n) is 21.5. The third kappa shape index (κ3) is 5.32. The van der Waals surface area contributed by atoms with Gasteiger partial charge in [0.05, 0.1) is 6.85 Å². The molecule has 0 aliphatic rings. The normalized spacial score (nSPS) is 13.0. The highest BCUT2D eigenvalue weighted by Gasteiger charge is 2.19. The van der Waals surface area contributed by atoms with Gasteiger partial charge in [-0.3, -0.25) is 0 Å². The van der Waals surface area contributed by atoms with E-state index >= 15 is 0 Å². The van der Waals surface area contributed by atoms with Crippen molar-refractivity contribution < 1.29 is 11.3 Å². The minimum absolute atomic E-state index is 0.194. The molecule has 0 amide bonds. The van der Waals surface area contributed by atoms with E-state index in [0.29, 0.717) is 23.0 Å². The fraction of sp³-hybridized carbons (Fsp3) is 0. The van der Waals surface area contributed by atoms with Crippen LogP contribution in [0.1, 0.15) is 6.85 Å². The minimum atomic E-state index is -0.409. The maximum atomic E-state index is 8.79. The fourth-order valence-electron chi connectivity index (χ4n) is 8.23. The van der Waals surface area contributed by atoms with Gasteiger partial charge in [0.2, 0.25) is 0 Å². The van der Waals surface area contributed by atoms with Crippen molar-refractivity contribution in [2.45, 2.75) is 0 Å². The molecule has 270 valence electrons. The van der Waals surface area contributed by atoms with E-state index in [0.717, 1.165) is 91.5 Å². The standard InChI is InChI=1S/C53H31N3OS/c1-2-13-33(14-3-1)40-19-10-21-44-45-22-11-20-41(50(45)58-49(40)44)38-29-35-16-6-7-17-39(35)46(30-38)53-55-51(36-25-24-32-12-4-5-15-34(32)28-36)54-52(56-53)37-26-27-43-42-18-8-9-23-47(42)57-48(43)31-37/h1-31H/i1D,2D,3D,13D,14D. The highest BCUT2D eigenvalue weighted by Crippen LogP contribution is 2.45. The average molecular weight is 763 g/mol. The van der Waals surface area contributed by atoms with Crippen molar-refractivity contribution in [2.24, 2.45) is 0 Å². The first kappa shape index (κ1) is 28.0. The van der Waals surface area contributed by atoms with Gasteiger partial charge in [-0.2, -0.15) is 0 Å². The van der Waals surface area contributed by atoms with Crippen molar-refractivity contribution in [3.05, 3.63) is 188 Å². The summed E-state index contributed by atoms with van der Waals surface area (Å²) < 4.78 is 50.7. The molecule has 0 N–H and O–H groups in total. The molecular formula is C53H31N3OS. The number of rotatable bonds is 5. The van der Waals surface area contributed by atoms with Crippen molar-refractivity contribution in [3.63, 3.8) is 0 Å². The molecular weight excluding hydrogens is 727 g/mol. The number of furan rings is 1. The number of para-hydroxylation sites is 1. The lowest BCUT2D eigenvalue weighted by atomic mass is 9.95. The van der Waals surface area contributed by atoms with Crippen LogP contribution in [-0.2, 0) is 0 Å². The molecule has 0 saturated carbocycles. The largest absolute Gasteiger partial charge is 0.456 e. The first-order chi connectivity index (χ1) is 30.8. The number of aromatic nitrogens is 3. The van der Waals surface area contributed by atoms with E-state index in [9.17, 15) is 0 Å². The van der Waals surface area contributed by atoms with Crippen LogP contribution in [0.15, 0.2) is 192 Å². The number of benzene rings is 9. The molecule has 12 aromatic rings. The molecule has 5 heteroatoms. The lowest BCUT2D eigenvalue weighted by Gasteiger charge is -2.13. The molecule has 0 atom stereocenters. The average Bonchev–Trinajstić information content (AvgIpc) is 3.91. The van der Waals surface area contributed by atoms with E-state index in [4.69, 9.17) is 26.2 Å². The van der Waals surface area contributed by atoms with Crippen LogP contribution in [-0.4, -0.2) is 15.0 Å². The van der Waals surface area contributed by atoms with E-state index in [2.05, 4.69) is 78.9 Å². The zero-order valence-corrected chi connectivity index (χ0v) is 31.5. The van der Waals surface area contributed by atoms with Gasteiger partial charge >= 0.3 is 0 Å². The molecule has 0 bridgehead atoms. The molecule has 0 unspecified atom stereocenters. The van der Waals surface area contributed by atoms with Crippen LogP contribution in [0.4, 0.5) is 0 Å². The summed E-state index contributed by atoms with van der Waals surface area (Å²) in [4.78, 5) is 15.6. The summed E-state index contributed by atoms with van der Waals surface area (Å²) in [5.41, 5.74) is 6.84. The summed E-state index contributed by atoms with van der Waals surface area (Å²) in [5.74, 6) is 1.59. The Morgan fingerprint density at radius 3 is 1.76 bits per heavy atom. The fourth-order valence-corrected chi connectivity index (χ4v) is 9.58. The Morgan fingerprint density at radius 2 is 0.966 bits per heavy atom. The monoisotopic (exact) mass is 762 g/mol. The number of nitrogens with zero attached hydrogens (tertiary/aromatic N) is 3. The molecule has 3 heterocycles. The Balaban J connectivity index is 1.08. The van der Waals surface area contributed by atoms with Crippen molar-refractivity contribution in [1.82, 2.24) is 15.0 Å². The Bertz CT molecular complexity index is 3870. The molecule has 0 aliphatic heterocycles. The molecule has 12 rings (SSSR count). The smallest absolute Gasteiger partial charge is 0.164 e. The van der Waals surface area contributed by atoms with Crippen LogP contribution in [0, 0.1) is 0 Å². The minimum Gasteiger partial charge on any atom is -0.456 e. The maximum absolute atomic E-state index is 8.79. The molecule has 0 fully saturated rings. The molecule has 0 radical (unpaired) electrons. The number of thiophene rings is 1. The van der Waals surface area contributed by atoms with Gasteiger partial charge in [0.15, 0.2) is 17.5 Å². The van der Waals surface area contributed by atoms with Crippen molar-refractivity contribution in [3.8, 4) is 56.4 Å². The van der Waals surface area contributed by atoms with Crippen molar-refractivity contribution >= 4 is 75.0 Å². The lowest BCUT2D eigenvalue weighted by Crippen LogP contribution is -2.01. The van der Waals surface area contributed by atoms with Crippen molar-refractivity contribution in [1.29, 1.82) is 0 Å². The van der Waals surface area contributed by atoms with Crippen LogP contribution in [0.3, 0.4) is 0 Å². The summed E-state index contributed by atoms with van der Waals surface area (Å²) in [6, 6.07) is 51.7. The molecule has 3 aromatic heterocycles. The van der Waals surface area contributed by atoms with Crippen LogP contribution >= 0.6 is 11.3 Å². The zero-order chi connectivity index (χ0) is 42.5. The lowest BCUT2D eigenvalue weighted by molar-refractivity contribution is 0.669. The van der Waals surface area contributed by atoms with E-state index in [1.165, 1.54) is 0 Å². The van der Waals surface area contributed by atoms with E-state index in [1.807, 2.05) is 78.9 Å². The second-order valence-electron chi connectivity index (χ2n) is 14.4. The SMILES string of the molecule is [2H]c1c([2H])c([2H])c(-c2cccc3c2sc2c(-c4cc(-c5nc(-c6ccc7ccccc7c6)nc(-c6ccc7c(c6)oc6ccccc67)n5)c5ccccc5c4)cccc23)c([2H])c1[2H]. The summed E-state index contributed by atoms with van der Waals surface area (Å²) >= 11 is 1.56. The van der Waals surface area contributed by atoms with E-state index in [-0.39, 0.29) is 29.7 Å². The van der Waals surface area contributed by atoms with Gasteiger partial charge in [-0.1, -0.05) is 152 Å². The highest BCUT2D eigenvalue weighted by atomic mass is 32.1. The Hall–Kier alpha value is -7.47. The van der Waals surface area contributed by atoms with Gasteiger partial charge in [-0.05, 0) is 80.2 Å². The maximum Gasteiger partial charge on any atom is 0.164 e. The summed E-state index contributed by atoms with van der Waals surface area (Å²) in [7, 11) is 0. The number of fused-ring (bicyclic) bond motifs is 8. The molecule has 58 heavy (non-hydrogen) atoms. The van der Waals surface area contributed by atoms with E-state index < -0.39 is 6.04 Å². The number of hydrogen-bond acceptors (Lipinski definition) is 5. The van der Waals surface area contributed by atoms with Gasteiger partial charge in [0.1, 0.15) is 11.2 Å². The second kappa shape index (κ2) is 13.1. The van der Waals surface area contributed by atoms with Crippen LogP contribution in [0.25, 0.3) is 120 Å². The molecule has 0 spiro atoms. The summed E-state index contributed by atoms with van der Waals surface area (Å²) in [6.07, 6.45) is 0. The van der Waals surface area contributed by atoms with Gasteiger partial charge in [-0.15, -0.1) is 11.3 Å². The van der Waals surface area contributed by atoms with Crippen LogP contribution in [0.2, 0.25) is 0 Å². The zero-order valence-electron chi connectivity index (χ0n) is 35.7. The molecule has 4 nitrogen and oxygen atoms in total. The Morgan fingerprint density at radius 1 is 0.379 bits per heavy atom. The predicted molar refractivity (Wildman–Crippen MR) is 242 cm³/mol. The molecule has 0 aliphatic carbocycles. The third-order valence-corrected chi connectivity index (χ3v) is 12.3. The van der Waals surface area contributed by atoms with E-state index in [1.54, 1.807) is 11.3 Å². The number of hydrogen-bond donors (Lipinski definition) is 0. The van der Waals surface area contributed by atoms with Crippen LogP contribution in [0.5, 0.6) is 0 Å². The van der Waals surface area contributed by atoms with Gasteiger partial charge in [0, 0.05) is 47.6 Å². The van der Waals surface area contributed by atoms with Gasteiger partial charge < -0.3 is 4.42 Å². The quantitative estimate of drug-likeness (QED) is 0.175. The third-order valence-electron chi connectivity index (χ3n) is 11.0. The first-order valence-corrected chi connectivity index (χ1v) is 19.8. The molecule has 0 saturated heterocycles. The Kier molecular flexibility index (Phi) is 6.30. The predicted octanol–water partition coefficient (Wildman–Crippen LogP) is 14.8. The van der Waals surface area contributed by atoms with Gasteiger partial charge in [-0.25, -0.2) is 15.0 Å². The molecule has 9 aromatic carbocycles. The highest BCUT2D eigenvalue weighted by molar-refractivity contribution is 7.26. The van der Waals surface area contributed by atoms with Crippen molar-refractivity contribution in [2.75, 3.05) is 0 Å². The van der Waals surface area contributed by atoms with Crippen LogP contribution < -0.4 is 0 Å².